The van der Waals surface area contributed by atoms with E-state index in [0.29, 0.717) is 5.70 Å². The Hall–Kier alpha value is -2.00. The third-order valence-electron chi connectivity index (χ3n) is 2.94. The molecule has 1 unspecified atom stereocenters. The molecule has 1 aliphatic heterocycles. The maximum Gasteiger partial charge on any atom is 0.237 e. The summed E-state index contributed by atoms with van der Waals surface area (Å²) in [5, 5.41) is 3.39. The minimum Gasteiger partial charge on any atom is -0.365 e. The zero-order valence-corrected chi connectivity index (χ0v) is 11.1. The van der Waals surface area contributed by atoms with Crippen LogP contribution in [0, 0.1) is 0 Å². The summed E-state index contributed by atoms with van der Waals surface area (Å²) in [7, 11) is 0. The van der Waals surface area contributed by atoms with Gasteiger partial charge in [-0.2, -0.15) is 0 Å². The van der Waals surface area contributed by atoms with E-state index in [1.807, 2.05) is 66.7 Å². The molecule has 0 spiro atoms. The van der Waals surface area contributed by atoms with Gasteiger partial charge in [-0.15, -0.1) is 0 Å². The molecule has 1 saturated heterocycles. The Morgan fingerprint density at radius 1 is 0.947 bits per heavy atom. The van der Waals surface area contributed by atoms with Crippen molar-refractivity contribution in [2.24, 2.45) is 0 Å². The molecule has 2 aromatic carbocycles. The van der Waals surface area contributed by atoms with Crippen LogP contribution in [0.4, 0.5) is 0 Å². The summed E-state index contributed by atoms with van der Waals surface area (Å²) in [5.74, 6) is 0. The summed E-state index contributed by atoms with van der Waals surface area (Å²) in [5.41, 5.74) is 2.83. The average Bonchev–Trinajstić information content (AvgIpc) is 2.82. The quantitative estimate of drug-likeness (QED) is 0.843. The van der Waals surface area contributed by atoms with Crippen LogP contribution < -0.4 is 5.32 Å². The smallest absolute Gasteiger partial charge is 0.237 e. The lowest BCUT2D eigenvalue weighted by atomic mass is 10.2. The summed E-state index contributed by atoms with van der Waals surface area (Å²) in [4.78, 5) is 12.0. The predicted molar refractivity (Wildman–Crippen MR) is 79.3 cm³/mol. The molecule has 1 atom stereocenters. The fourth-order valence-electron chi connectivity index (χ4n) is 2.00. The molecule has 1 heterocycles. The number of carbonyl (C=O) groups excluding carboxylic acids is 1. The topological polar surface area (TPSA) is 29.1 Å². The molecule has 2 nitrogen and oxygen atoms in total. The maximum atomic E-state index is 12.0. The van der Waals surface area contributed by atoms with E-state index >= 15 is 0 Å². The van der Waals surface area contributed by atoms with Crippen LogP contribution in [-0.4, -0.2) is 5.12 Å². The molecular weight excluding hydrogens is 254 g/mol. The van der Waals surface area contributed by atoms with Gasteiger partial charge in [-0.25, -0.2) is 0 Å². The average molecular weight is 267 g/mol. The van der Waals surface area contributed by atoms with Gasteiger partial charge in [-0.3, -0.25) is 4.79 Å². The van der Waals surface area contributed by atoms with E-state index in [-0.39, 0.29) is 10.5 Å². The standard InChI is InChI=1S/C16H13NOS/c18-16-14(11-12-7-3-1-4-8-12)17-15(19-16)13-9-5-2-6-10-13/h1-11,15,17H/b14-11+. The molecule has 0 bridgehead atoms. The lowest BCUT2D eigenvalue weighted by Crippen LogP contribution is -2.11. The van der Waals surface area contributed by atoms with Crippen molar-refractivity contribution in [3.63, 3.8) is 0 Å². The van der Waals surface area contributed by atoms with E-state index in [9.17, 15) is 4.79 Å². The van der Waals surface area contributed by atoms with Gasteiger partial charge in [0.15, 0.2) is 0 Å². The molecule has 0 radical (unpaired) electrons. The first kappa shape index (κ1) is 12.1. The van der Waals surface area contributed by atoms with Crippen molar-refractivity contribution >= 4 is 23.0 Å². The molecule has 3 rings (SSSR count). The molecule has 0 aromatic heterocycles. The summed E-state index contributed by atoms with van der Waals surface area (Å²) in [6.07, 6.45) is 1.90. The zero-order valence-electron chi connectivity index (χ0n) is 10.2. The van der Waals surface area contributed by atoms with Gasteiger partial charge in [0.2, 0.25) is 5.12 Å². The predicted octanol–water partition coefficient (Wildman–Crippen LogP) is 3.59. The van der Waals surface area contributed by atoms with E-state index in [2.05, 4.69) is 5.32 Å². The molecule has 0 aliphatic carbocycles. The van der Waals surface area contributed by atoms with Gasteiger partial charge in [-0.05, 0) is 17.2 Å². The normalized spacial score (nSPS) is 20.5. The first-order valence-electron chi connectivity index (χ1n) is 6.12. The van der Waals surface area contributed by atoms with Gasteiger partial charge in [-0.1, -0.05) is 72.4 Å². The minimum absolute atomic E-state index is 0.0173. The SMILES string of the molecule is O=C1SC(c2ccccc2)N/C1=C/c1ccccc1. The lowest BCUT2D eigenvalue weighted by Gasteiger charge is -2.08. The molecule has 1 N–H and O–H groups in total. The molecule has 1 fully saturated rings. The van der Waals surface area contributed by atoms with Crippen LogP contribution in [0.15, 0.2) is 66.4 Å². The van der Waals surface area contributed by atoms with Crippen molar-refractivity contribution in [1.29, 1.82) is 0 Å². The van der Waals surface area contributed by atoms with Crippen molar-refractivity contribution in [2.75, 3.05) is 0 Å². The molecule has 0 saturated carbocycles. The highest BCUT2D eigenvalue weighted by Gasteiger charge is 2.28. The number of hydrogen-bond donors (Lipinski definition) is 1. The second-order valence-corrected chi connectivity index (χ2v) is 5.39. The van der Waals surface area contributed by atoms with Crippen LogP contribution in [0.3, 0.4) is 0 Å². The zero-order chi connectivity index (χ0) is 13.1. The monoisotopic (exact) mass is 267 g/mol. The molecule has 94 valence electrons. The Labute approximate surface area is 116 Å². The minimum atomic E-state index is 0.0173. The van der Waals surface area contributed by atoms with Crippen molar-refractivity contribution in [3.8, 4) is 0 Å². The Balaban J connectivity index is 1.83. The van der Waals surface area contributed by atoms with Crippen LogP contribution in [0.1, 0.15) is 16.5 Å². The van der Waals surface area contributed by atoms with Crippen LogP contribution in [0.25, 0.3) is 6.08 Å². The largest absolute Gasteiger partial charge is 0.365 e. The van der Waals surface area contributed by atoms with Gasteiger partial charge in [0.1, 0.15) is 5.37 Å². The fraction of sp³-hybridized carbons (Fsp3) is 0.0625. The Kier molecular flexibility index (Phi) is 3.38. The first-order chi connectivity index (χ1) is 9.33. The van der Waals surface area contributed by atoms with E-state index in [0.717, 1.165) is 11.1 Å². The van der Waals surface area contributed by atoms with Crippen LogP contribution in [-0.2, 0) is 4.79 Å². The highest BCUT2D eigenvalue weighted by atomic mass is 32.2. The summed E-state index contributed by atoms with van der Waals surface area (Å²) >= 11 is 1.33. The van der Waals surface area contributed by atoms with E-state index < -0.39 is 0 Å². The second kappa shape index (κ2) is 5.33. The third kappa shape index (κ3) is 2.71. The molecule has 0 amide bonds. The van der Waals surface area contributed by atoms with E-state index in [1.165, 1.54) is 11.8 Å². The number of benzene rings is 2. The molecule has 3 heteroatoms. The van der Waals surface area contributed by atoms with Crippen LogP contribution >= 0.6 is 11.8 Å². The van der Waals surface area contributed by atoms with Crippen molar-refractivity contribution in [1.82, 2.24) is 5.32 Å². The number of thioether (sulfide) groups is 1. The summed E-state index contributed by atoms with van der Waals surface area (Å²) in [6.45, 7) is 0. The second-order valence-electron chi connectivity index (χ2n) is 4.31. The fourth-order valence-corrected chi connectivity index (χ4v) is 2.93. The number of carbonyl (C=O) groups is 1. The Morgan fingerprint density at radius 2 is 1.58 bits per heavy atom. The first-order valence-corrected chi connectivity index (χ1v) is 7.00. The maximum absolute atomic E-state index is 12.0. The van der Waals surface area contributed by atoms with Crippen molar-refractivity contribution < 1.29 is 4.79 Å². The highest BCUT2D eigenvalue weighted by Crippen LogP contribution is 2.35. The van der Waals surface area contributed by atoms with Gasteiger partial charge in [0.05, 0.1) is 5.70 Å². The summed E-state index contributed by atoms with van der Waals surface area (Å²) < 4.78 is 0. The summed E-state index contributed by atoms with van der Waals surface area (Å²) in [6, 6.07) is 19.9. The third-order valence-corrected chi connectivity index (χ3v) is 4.00. The molecule has 2 aromatic rings. The van der Waals surface area contributed by atoms with Gasteiger partial charge in [0.25, 0.3) is 0 Å². The molecule has 19 heavy (non-hydrogen) atoms. The van der Waals surface area contributed by atoms with Crippen LogP contribution in [0.5, 0.6) is 0 Å². The van der Waals surface area contributed by atoms with Crippen LogP contribution in [0.2, 0.25) is 0 Å². The molecular formula is C16H13NOS. The van der Waals surface area contributed by atoms with E-state index in [4.69, 9.17) is 0 Å². The van der Waals surface area contributed by atoms with E-state index in [1.54, 1.807) is 0 Å². The Bertz CT molecular complexity index is 607. The number of rotatable bonds is 2. The number of nitrogens with one attached hydrogen (secondary N) is 1. The van der Waals surface area contributed by atoms with Gasteiger partial charge < -0.3 is 5.32 Å². The van der Waals surface area contributed by atoms with Gasteiger partial charge >= 0.3 is 0 Å². The highest BCUT2D eigenvalue weighted by molar-refractivity contribution is 8.14. The Morgan fingerprint density at radius 3 is 2.26 bits per heavy atom. The number of hydrogen-bond acceptors (Lipinski definition) is 3. The van der Waals surface area contributed by atoms with Crippen molar-refractivity contribution in [2.45, 2.75) is 5.37 Å². The van der Waals surface area contributed by atoms with Crippen molar-refractivity contribution in [3.05, 3.63) is 77.5 Å². The lowest BCUT2D eigenvalue weighted by molar-refractivity contribution is -0.107. The van der Waals surface area contributed by atoms with Gasteiger partial charge in [0, 0.05) is 0 Å². The molecule has 1 aliphatic rings.